The monoisotopic (exact) mass is 400 g/mol. The fourth-order valence-electron chi connectivity index (χ4n) is 4.24. The summed E-state index contributed by atoms with van der Waals surface area (Å²) in [5.74, 6) is -0.00662. The smallest absolute Gasteiger partial charge is 0.253 e. The summed E-state index contributed by atoms with van der Waals surface area (Å²) in [4.78, 5) is 29.6. The Morgan fingerprint density at radius 3 is 2.50 bits per heavy atom. The molecule has 0 aromatic heterocycles. The van der Waals surface area contributed by atoms with E-state index in [-0.39, 0.29) is 17.7 Å². The molecule has 0 saturated carbocycles. The lowest BCUT2D eigenvalue weighted by atomic mass is 9.95. The van der Waals surface area contributed by atoms with Gasteiger partial charge in [-0.3, -0.25) is 9.59 Å². The van der Waals surface area contributed by atoms with Crippen LogP contribution >= 0.6 is 0 Å². The first-order valence-electron chi connectivity index (χ1n) is 10.6. The van der Waals surface area contributed by atoms with Gasteiger partial charge in [0.2, 0.25) is 5.91 Å². The van der Waals surface area contributed by atoms with E-state index in [1.165, 1.54) is 10.8 Å². The van der Waals surface area contributed by atoms with E-state index in [2.05, 4.69) is 30.3 Å². The van der Waals surface area contributed by atoms with Gasteiger partial charge < -0.3 is 9.80 Å². The number of benzene rings is 3. The van der Waals surface area contributed by atoms with E-state index >= 15 is 0 Å². The molecule has 1 aliphatic heterocycles. The van der Waals surface area contributed by atoms with Crippen LogP contribution in [0.1, 0.15) is 34.3 Å². The molecule has 30 heavy (non-hydrogen) atoms. The molecule has 3 aromatic carbocycles. The van der Waals surface area contributed by atoms with E-state index in [9.17, 15) is 9.59 Å². The van der Waals surface area contributed by atoms with Gasteiger partial charge in [-0.15, -0.1) is 0 Å². The van der Waals surface area contributed by atoms with Gasteiger partial charge in [0.25, 0.3) is 5.91 Å². The summed E-state index contributed by atoms with van der Waals surface area (Å²) in [7, 11) is 1.86. The van der Waals surface area contributed by atoms with Crippen molar-refractivity contribution in [3.63, 3.8) is 0 Å². The van der Waals surface area contributed by atoms with Gasteiger partial charge in [-0.25, -0.2) is 0 Å². The third kappa shape index (κ3) is 4.38. The van der Waals surface area contributed by atoms with Crippen LogP contribution < -0.4 is 0 Å². The predicted molar refractivity (Wildman–Crippen MR) is 120 cm³/mol. The van der Waals surface area contributed by atoms with Gasteiger partial charge in [0.1, 0.15) is 0 Å². The minimum atomic E-state index is -0.140. The fraction of sp³-hybridized carbons (Fsp3) is 0.308. The van der Waals surface area contributed by atoms with E-state index in [0.717, 1.165) is 24.0 Å². The molecular weight excluding hydrogens is 372 g/mol. The molecule has 1 aliphatic rings. The number of carbonyl (C=O) groups is 2. The van der Waals surface area contributed by atoms with Crippen LogP contribution in [0.2, 0.25) is 0 Å². The van der Waals surface area contributed by atoms with Crippen molar-refractivity contribution >= 4 is 22.6 Å². The van der Waals surface area contributed by atoms with E-state index in [1.807, 2.05) is 55.3 Å². The zero-order valence-corrected chi connectivity index (χ0v) is 17.7. The first-order valence-corrected chi connectivity index (χ1v) is 10.6. The summed E-state index contributed by atoms with van der Waals surface area (Å²) < 4.78 is 0. The first kappa shape index (κ1) is 20.1. The molecule has 2 amide bonds. The highest BCUT2D eigenvalue weighted by molar-refractivity contribution is 5.94. The second-order valence-corrected chi connectivity index (χ2v) is 8.33. The van der Waals surface area contributed by atoms with Crippen molar-refractivity contribution in [1.82, 2.24) is 9.80 Å². The summed E-state index contributed by atoms with van der Waals surface area (Å²) in [5, 5.41) is 2.39. The molecule has 3 aromatic rings. The highest BCUT2D eigenvalue weighted by Crippen LogP contribution is 2.22. The Balaban J connectivity index is 1.41. The number of piperidine rings is 1. The third-order valence-electron chi connectivity index (χ3n) is 5.97. The Hall–Kier alpha value is -3.14. The van der Waals surface area contributed by atoms with Gasteiger partial charge in [-0.1, -0.05) is 54.1 Å². The van der Waals surface area contributed by atoms with Gasteiger partial charge in [0, 0.05) is 32.2 Å². The van der Waals surface area contributed by atoms with Crippen molar-refractivity contribution in [2.45, 2.75) is 26.3 Å². The second kappa shape index (κ2) is 8.70. The zero-order valence-electron chi connectivity index (χ0n) is 17.7. The molecule has 1 saturated heterocycles. The van der Waals surface area contributed by atoms with Crippen LogP contribution in [0.15, 0.2) is 66.7 Å². The lowest BCUT2D eigenvalue weighted by molar-refractivity contribution is -0.136. The number of likely N-dealkylation sites (tertiary alicyclic amines) is 1. The van der Waals surface area contributed by atoms with Crippen molar-refractivity contribution in [1.29, 1.82) is 0 Å². The molecule has 4 rings (SSSR count). The number of hydrogen-bond acceptors (Lipinski definition) is 2. The number of nitrogens with zero attached hydrogens (tertiary/aromatic N) is 2. The minimum Gasteiger partial charge on any atom is -0.341 e. The molecule has 1 atom stereocenters. The lowest BCUT2D eigenvalue weighted by Crippen LogP contribution is -2.45. The zero-order chi connectivity index (χ0) is 21.1. The minimum absolute atomic E-state index is 0.0182. The summed E-state index contributed by atoms with van der Waals surface area (Å²) in [5.41, 5.74) is 2.94. The maximum Gasteiger partial charge on any atom is 0.253 e. The summed E-state index contributed by atoms with van der Waals surface area (Å²) >= 11 is 0. The molecule has 4 nitrogen and oxygen atoms in total. The van der Waals surface area contributed by atoms with Crippen molar-refractivity contribution in [2.75, 3.05) is 20.1 Å². The number of rotatable bonds is 4. The van der Waals surface area contributed by atoms with Crippen LogP contribution in [-0.2, 0) is 11.3 Å². The van der Waals surface area contributed by atoms with Crippen molar-refractivity contribution < 1.29 is 9.59 Å². The topological polar surface area (TPSA) is 40.6 Å². The number of amides is 2. The molecule has 0 radical (unpaired) electrons. The lowest BCUT2D eigenvalue weighted by Gasteiger charge is -2.34. The molecule has 154 valence electrons. The molecule has 1 unspecified atom stereocenters. The Bertz CT molecular complexity index is 1060. The SMILES string of the molecule is Cc1ccc(C(=O)N2CCCC(C(=O)N(C)Cc3ccc4ccccc4c3)C2)cc1. The Kier molecular flexibility index (Phi) is 5.84. The first-order chi connectivity index (χ1) is 14.5. The van der Waals surface area contributed by atoms with Crippen molar-refractivity contribution in [3.05, 3.63) is 83.4 Å². The van der Waals surface area contributed by atoms with Crippen LogP contribution in [0.3, 0.4) is 0 Å². The fourth-order valence-corrected chi connectivity index (χ4v) is 4.24. The molecule has 1 heterocycles. The maximum atomic E-state index is 13.1. The van der Waals surface area contributed by atoms with Crippen LogP contribution in [0.25, 0.3) is 10.8 Å². The average Bonchev–Trinajstić information content (AvgIpc) is 2.78. The molecule has 0 spiro atoms. The van der Waals surface area contributed by atoms with Crippen LogP contribution in [0.4, 0.5) is 0 Å². The van der Waals surface area contributed by atoms with Gasteiger partial charge in [-0.2, -0.15) is 0 Å². The van der Waals surface area contributed by atoms with Crippen LogP contribution in [0.5, 0.6) is 0 Å². The van der Waals surface area contributed by atoms with Gasteiger partial charge >= 0.3 is 0 Å². The summed E-state index contributed by atoms with van der Waals surface area (Å²) in [6.45, 7) is 3.79. The number of aryl methyl sites for hydroxylation is 1. The highest BCUT2D eigenvalue weighted by atomic mass is 16.2. The van der Waals surface area contributed by atoms with Crippen LogP contribution in [0, 0.1) is 12.8 Å². The highest BCUT2D eigenvalue weighted by Gasteiger charge is 2.30. The van der Waals surface area contributed by atoms with Gasteiger partial charge in [-0.05, 0) is 54.3 Å². The largest absolute Gasteiger partial charge is 0.341 e. The average molecular weight is 401 g/mol. The van der Waals surface area contributed by atoms with E-state index in [1.54, 1.807) is 4.90 Å². The molecular formula is C26H28N2O2. The molecule has 0 aliphatic carbocycles. The second-order valence-electron chi connectivity index (χ2n) is 8.33. The normalized spacial score (nSPS) is 16.5. The Morgan fingerprint density at radius 2 is 1.73 bits per heavy atom. The maximum absolute atomic E-state index is 13.1. The van der Waals surface area contributed by atoms with Crippen molar-refractivity contribution in [3.8, 4) is 0 Å². The van der Waals surface area contributed by atoms with E-state index < -0.39 is 0 Å². The van der Waals surface area contributed by atoms with Crippen LogP contribution in [-0.4, -0.2) is 41.8 Å². The number of fused-ring (bicyclic) bond motifs is 1. The number of hydrogen-bond donors (Lipinski definition) is 0. The standard InChI is InChI=1S/C26H28N2O2/c1-19-9-12-22(13-10-19)26(30)28-15-5-8-24(18-28)25(29)27(2)17-20-11-14-21-6-3-4-7-23(21)16-20/h3-4,6-7,9-14,16,24H,5,8,15,17-18H2,1-2H3. The van der Waals surface area contributed by atoms with Gasteiger partial charge in [0.15, 0.2) is 0 Å². The third-order valence-corrected chi connectivity index (χ3v) is 5.97. The molecule has 1 fully saturated rings. The molecule has 0 bridgehead atoms. The van der Waals surface area contributed by atoms with E-state index in [0.29, 0.717) is 25.2 Å². The quantitative estimate of drug-likeness (QED) is 0.639. The molecule has 4 heteroatoms. The summed E-state index contributed by atoms with van der Waals surface area (Å²) in [6.07, 6.45) is 1.69. The number of carbonyl (C=O) groups excluding carboxylic acids is 2. The predicted octanol–water partition coefficient (Wildman–Crippen LogP) is 4.66. The van der Waals surface area contributed by atoms with E-state index in [4.69, 9.17) is 0 Å². The van der Waals surface area contributed by atoms with Crippen molar-refractivity contribution in [2.24, 2.45) is 5.92 Å². The molecule has 0 N–H and O–H groups in total. The Morgan fingerprint density at radius 1 is 1.00 bits per heavy atom. The summed E-state index contributed by atoms with van der Waals surface area (Å²) in [6, 6.07) is 22.2. The van der Waals surface area contributed by atoms with Gasteiger partial charge in [0.05, 0.1) is 5.92 Å². The Labute approximate surface area is 178 Å².